The maximum Gasteiger partial charge on any atom is 0.265 e. The largest absolute Gasteiger partial charge is 0.279 e. The van der Waals surface area contributed by atoms with Crippen LogP contribution >= 0.6 is 0 Å². The van der Waals surface area contributed by atoms with Crippen molar-refractivity contribution in [2.45, 2.75) is 18.7 Å². The maximum absolute atomic E-state index is 13.1. The van der Waals surface area contributed by atoms with Crippen molar-refractivity contribution in [3.8, 4) is 5.69 Å². The molecule has 1 N–H and O–H groups in total. The van der Waals surface area contributed by atoms with Gasteiger partial charge in [-0.1, -0.05) is 12.1 Å². The van der Waals surface area contributed by atoms with Gasteiger partial charge in [-0.2, -0.15) is 0 Å². The number of halogens is 1. The van der Waals surface area contributed by atoms with Gasteiger partial charge in [-0.05, 0) is 74.0 Å². The summed E-state index contributed by atoms with van der Waals surface area (Å²) < 4.78 is 42.2. The standard InChI is InChI=1S/C22H18FN3O3S/c1-14-13-17(26-15(2)24-21-6-4-3-5-19(21)22(26)27)9-12-20(14)25-30(28,29)18-10-7-16(23)8-11-18/h3-13,25H,1-2H3. The number of rotatable bonds is 4. The van der Waals surface area contributed by atoms with Crippen LogP contribution in [0, 0.1) is 19.7 Å². The molecule has 4 rings (SSSR count). The maximum atomic E-state index is 13.1. The molecule has 0 aliphatic rings. The van der Waals surface area contributed by atoms with Crippen molar-refractivity contribution in [2.75, 3.05) is 4.72 Å². The van der Waals surface area contributed by atoms with Gasteiger partial charge in [-0.3, -0.25) is 14.1 Å². The number of hydrogen-bond acceptors (Lipinski definition) is 4. The van der Waals surface area contributed by atoms with Crippen LogP contribution in [0.25, 0.3) is 16.6 Å². The van der Waals surface area contributed by atoms with Crippen molar-refractivity contribution in [1.29, 1.82) is 0 Å². The van der Waals surface area contributed by atoms with Gasteiger partial charge in [0.05, 0.1) is 27.2 Å². The number of para-hydroxylation sites is 1. The molecule has 0 bridgehead atoms. The van der Waals surface area contributed by atoms with Gasteiger partial charge in [0, 0.05) is 0 Å². The number of nitrogens with one attached hydrogen (secondary N) is 1. The third kappa shape index (κ3) is 3.57. The molecule has 3 aromatic carbocycles. The molecule has 0 saturated heterocycles. The molecule has 0 radical (unpaired) electrons. The average molecular weight is 423 g/mol. The summed E-state index contributed by atoms with van der Waals surface area (Å²) >= 11 is 0. The van der Waals surface area contributed by atoms with Gasteiger partial charge in [0.25, 0.3) is 15.6 Å². The number of nitrogens with zero attached hydrogens (tertiary/aromatic N) is 2. The van der Waals surface area contributed by atoms with Crippen LogP contribution < -0.4 is 10.3 Å². The SMILES string of the molecule is Cc1cc(-n2c(C)nc3ccccc3c2=O)ccc1NS(=O)(=O)c1ccc(F)cc1. The lowest BCUT2D eigenvalue weighted by molar-refractivity contribution is 0.599. The third-order valence-electron chi connectivity index (χ3n) is 4.78. The quantitative estimate of drug-likeness (QED) is 0.539. The minimum atomic E-state index is -3.87. The highest BCUT2D eigenvalue weighted by molar-refractivity contribution is 7.92. The number of aryl methyl sites for hydroxylation is 2. The van der Waals surface area contributed by atoms with Crippen molar-refractivity contribution in [1.82, 2.24) is 9.55 Å². The zero-order chi connectivity index (χ0) is 21.5. The number of benzene rings is 3. The van der Waals surface area contributed by atoms with Gasteiger partial charge in [0.1, 0.15) is 11.6 Å². The molecule has 8 heteroatoms. The van der Waals surface area contributed by atoms with E-state index in [0.29, 0.717) is 33.7 Å². The molecule has 152 valence electrons. The van der Waals surface area contributed by atoms with Gasteiger partial charge in [0.15, 0.2) is 0 Å². The minimum absolute atomic E-state index is 0.0434. The van der Waals surface area contributed by atoms with Crippen LogP contribution in [0.2, 0.25) is 0 Å². The van der Waals surface area contributed by atoms with E-state index in [9.17, 15) is 17.6 Å². The molecule has 0 saturated carbocycles. The van der Waals surface area contributed by atoms with Crippen LogP contribution in [-0.2, 0) is 10.0 Å². The van der Waals surface area contributed by atoms with E-state index in [-0.39, 0.29) is 10.5 Å². The molecule has 0 fully saturated rings. The van der Waals surface area contributed by atoms with Gasteiger partial charge in [-0.25, -0.2) is 17.8 Å². The summed E-state index contributed by atoms with van der Waals surface area (Å²) in [6.45, 7) is 3.48. The second-order valence-electron chi connectivity index (χ2n) is 6.88. The summed E-state index contributed by atoms with van der Waals surface area (Å²) in [6, 6.07) is 16.6. The Labute approximate surface area is 172 Å². The molecular formula is C22H18FN3O3S. The molecule has 4 aromatic rings. The van der Waals surface area contributed by atoms with Crippen LogP contribution in [0.15, 0.2) is 76.4 Å². The molecule has 1 heterocycles. The molecule has 1 aromatic heterocycles. The summed E-state index contributed by atoms with van der Waals surface area (Å²) in [5.41, 5.74) is 1.99. The van der Waals surface area contributed by atoms with Crippen molar-refractivity contribution >= 4 is 26.6 Å². The first-order valence-corrected chi connectivity index (χ1v) is 10.6. The fourth-order valence-electron chi connectivity index (χ4n) is 3.27. The molecule has 0 aliphatic heterocycles. The molecule has 30 heavy (non-hydrogen) atoms. The Balaban J connectivity index is 1.73. The zero-order valence-electron chi connectivity index (χ0n) is 16.3. The number of fused-ring (bicyclic) bond motifs is 1. The predicted molar refractivity (Wildman–Crippen MR) is 114 cm³/mol. The van der Waals surface area contributed by atoms with E-state index in [1.165, 1.54) is 16.7 Å². The van der Waals surface area contributed by atoms with E-state index >= 15 is 0 Å². The summed E-state index contributed by atoms with van der Waals surface area (Å²) in [7, 11) is -3.87. The molecule has 6 nitrogen and oxygen atoms in total. The summed E-state index contributed by atoms with van der Waals surface area (Å²) in [4.78, 5) is 17.4. The van der Waals surface area contributed by atoms with Crippen molar-refractivity contribution < 1.29 is 12.8 Å². The Kier molecular flexibility index (Phi) is 4.87. The van der Waals surface area contributed by atoms with E-state index in [2.05, 4.69) is 9.71 Å². The third-order valence-corrected chi connectivity index (χ3v) is 6.16. The van der Waals surface area contributed by atoms with Crippen LogP contribution in [0.3, 0.4) is 0 Å². The highest BCUT2D eigenvalue weighted by atomic mass is 32.2. The van der Waals surface area contributed by atoms with Gasteiger partial charge in [0.2, 0.25) is 0 Å². The van der Waals surface area contributed by atoms with E-state index in [4.69, 9.17) is 0 Å². The predicted octanol–water partition coefficient (Wildman–Crippen LogP) is 3.94. The summed E-state index contributed by atoms with van der Waals surface area (Å²) in [5, 5.41) is 0.502. The van der Waals surface area contributed by atoms with Crippen LogP contribution in [0.1, 0.15) is 11.4 Å². The Morgan fingerprint density at radius 1 is 0.967 bits per heavy atom. The highest BCUT2D eigenvalue weighted by Crippen LogP contribution is 2.23. The van der Waals surface area contributed by atoms with E-state index in [1.807, 2.05) is 6.07 Å². The molecule has 0 atom stereocenters. The first kappa shape index (κ1) is 19.8. The second-order valence-corrected chi connectivity index (χ2v) is 8.56. The lowest BCUT2D eigenvalue weighted by Crippen LogP contribution is -2.22. The first-order valence-electron chi connectivity index (χ1n) is 9.14. The Hall–Kier alpha value is -3.52. The van der Waals surface area contributed by atoms with Gasteiger partial charge in [-0.15, -0.1) is 0 Å². The molecule has 0 spiro atoms. The molecular weight excluding hydrogens is 405 g/mol. The summed E-state index contributed by atoms with van der Waals surface area (Å²) in [5.74, 6) is 0.0111. The van der Waals surface area contributed by atoms with Gasteiger partial charge < -0.3 is 0 Å². The van der Waals surface area contributed by atoms with E-state index < -0.39 is 15.8 Å². The monoisotopic (exact) mass is 423 g/mol. The summed E-state index contributed by atoms with van der Waals surface area (Å²) in [6.07, 6.45) is 0. The Morgan fingerprint density at radius 2 is 1.67 bits per heavy atom. The smallest absolute Gasteiger partial charge is 0.265 e. The number of aromatic nitrogens is 2. The fraction of sp³-hybridized carbons (Fsp3) is 0.0909. The zero-order valence-corrected chi connectivity index (χ0v) is 17.1. The van der Waals surface area contributed by atoms with Crippen LogP contribution in [0.5, 0.6) is 0 Å². The fourth-order valence-corrected chi connectivity index (χ4v) is 4.40. The van der Waals surface area contributed by atoms with Crippen LogP contribution in [0.4, 0.5) is 10.1 Å². The second kappa shape index (κ2) is 7.38. The lowest BCUT2D eigenvalue weighted by Gasteiger charge is -2.15. The number of hydrogen-bond donors (Lipinski definition) is 1. The number of sulfonamides is 1. The molecule has 0 aliphatic carbocycles. The molecule has 0 amide bonds. The van der Waals surface area contributed by atoms with E-state index in [0.717, 1.165) is 12.1 Å². The Morgan fingerprint density at radius 3 is 2.37 bits per heavy atom. The topological polar surface area (TPSA) is 81.1 Å². The van der Waals surface area contributed by atoms with Gasteiger partial charge >= 0.3 is 0 Å². The average Bonchev–Trinajstić information content (AvgIpc) is 2.70. The van der Waals surface area contributed by atoms with Crippen molar-refractivity contribution in [3.63, 3.8) is 0 Å². The first-order chi connectivity index (χ1) is 14.3. The number of anilines is 1. The Bertz CT molecular complexity index is 1430. The van der Waals surface area contributed by atoms with Crippen molar-refractivity contribution in [2.24, 2.45) is 0 Å². The van der Waals surface area contributed by atoms with E-state index in [1.54, 1.807) is 50.2 Å². The normalized spacial score (nSPS) is 11.6. The van der Waals surface area contributed by atoms with Crippen molar-refractivity contribution in [3.05, 3.63) is 94.3 Å². The van der Waals surface area contributed by atoms with Crippen LogP contribution in [-0.4, -0.2) is 18.0 Å². The minimum Gasteiger partial charge on any atom is -0.279 e. The highest BCUT2D eigenvalue weighted by Gasteiger charge is 2.16. The lowest BCUT2D eigenvalue weighted by atomic mass is 10.1. The molecule has 0 unspecified atom stereocenters.